The molecule has 0 radical (unpaired) electrons. The second-order valence-electron chi connectivity index (χ2n) is 12.8. The topological polar surface area (TPSA) is 110 Å². The molecule has 0 spiro atoms. The van der Waals surface area contributed by atoms with Gasteiger partial charge in [-0.15, -0.1) is 0 Å². The Morgan fingerprint density at radius 2 is 1.53 bits per heavy atom. The molecule has 1 saturated heterocycles. The first-order valence-electron chi connectivity index (χ1n) is 17.6. The molecule has 0 unspecified atom stereocenters. The maximum Gasteiger partial charge on any atom is 0.249 e. The molecule has 8 rings (SSSR count). The van der Waals surface area contributed by atoms with E-state index >= 15 is 0 Å². The highest BCUT2D eigenvalue weighted by molar-refractivity contribution is 5.84. The van der Waals surface area contributed by atoms with Crippen LogP contribution in [0.25, 0.3) is 39.5 Å². The number of benzene rings is 2. The normalized spacial score (nSPS) is 15.3. The molecule has 3 aromatic heterocycles. The molecule has 4 heterocycles. The van der Waals surface area contributed by atoms with E-state index in [-0.39, 0.29) is 10.9 Å². The summed E-state index contributed by atoms with van der Waals surface area (Å²) >= 11 is 0. The average Bonchev–Trinajstić information content (AvgIpc) is 3.93. The summed E-state index contributed by atoms with van der Waals surface area (Å²) in [5.41, 5.74) is 13.6. The number of anilines is 2. The summed E-state index contributed by atoms with van der Waals surface area (Å²) in [5, 5.41) is 0. The molecular formula is C40H43N7O2. The number of nitrogens with zero attached hydrogens (tertiary/aromatic N) is 6. The van der Waals surface area contributed by atoms with Gasteiger partial charge in [-0.25, -0.2) is 15.0 Å². The van der Waals surface area contributed by atoms with E-state index in [4.69, 9.17) is 15.7 Å². The second-order valence-corrected chi connectivity index (χ2v) is 12.8. The van der Waals surface area contributed by atoms with E-state index in [9.17, 15) is 9.59 Å². The van der Waals surface area contributed by atoms with Crippen molar-refractivity contribution in [2.45, 2.75) is 71.5 Å². The molecule has 0 atom stereocenters. The van der Waals surface area contributed by atoms with Gasteiger partial charge < -0.3 is 10.6 Å². The Labute approximate surface area is 286 Å². The minimum Gasteiger partial charge on any atom is -0.383 e. The number of imidazole rings is 1. The van der Waals surface area contributed by atoms with Gasteiger partial charge in [0.05, 0.1) is 16.9 Å². The monoisotopic (exact) mass is 653 g/mol. The lowest BCUT2D eigenvalue weighted by Gasteiger charge is -2.41. The van der Waals surface area contributed by atoms with Gasteiger partial charge in [0.15, 0.2) is 11.5 Å². The Morgan fingerprint density at radius 1 is 0.816 bits per heavy atom. The highest BCUT2D eigenvalue weighted by Gasteiger charge is 2.40. The second kappa shape index (κ2) is 13.8. The third kappa shape index (κ3) is 6.15. The van der Waals surface area contributed by atoms with E-state index in [1.165, 1.54) is 5.56 Å². The van der Waals surface area contributed by atoms with Crippen LogP contribution in [-0.4, -0.2) is 49.6 Å². The molecule has 0 bridgehead atoms. The van der Waals surface area contributed by atoms with Crippen molar-refractivity contribution in [3.05, 3.63) is 117 Å². The van der Waals surface area contributed by atoms with Crippen LogP contribution in [0.15, 0.2) is 94.6 Å². The van der Waals surface area contributed by atoms with Gasteiger partial charge in [-0.3, -0.25) is 19.1 Å². The predicted molar refractivity (Wildman–Crippen MR) is 198 cm³/mol. The lowest BCUT2D eigenvalue weighted by Crippen LogP contribution is -2.52. The molecule has 2 fully saturated rings. The van der Waals surface area contributed by atoms with Gasteiger partial charge >= 0.3 is 0 Å². The maximum atomic E-state index is 12.6. The largest absolute Gasteiger partial charge is 0.383 e. The zero-order chi connectivity index (χ0) is 34.1. The summed E-state index contributed by atoms with van der Waals surface area (Å²) < 4.78 is 2.07. The number of hydrogen-bond acceptors (Lipinski definition) is 8. The van der Waals surface area contributed by atoms with Gasteiger partial charge in [0.25, 0.3) is 0 Å². The molecule has 2 aliphatic rings. The molecule has 6 aromatic rings. The maximum absolute atomic E-state index is 12.6. The van der Waals surface area contributed by atoms with Crippen molar-refractivity contribution in [1.29, 1.82) is 0 Å². The fourth-order valence-corrected chi connectivity index (χ4v) is 7.17. The molecule has 1 saturated carbocycles. The summed E-state index contributed by atoms with van der Waals surface area (Å²) in [7, 11) is 0. The number of piperidine rings is 1. The first kappa shape index (κ1) is 32.4. The third-order valence-corrected chi connectivity index (χ3v) is 9.74. The molecule has 1 aliphatic heterocycles. The van der Waals surface area contributed by atoms with Crippen LogP contribution < -0.4 is 21.5 Å². The molecule has 49 heavy (non-hydrogen) atoms. The fourth-order valence-electron chi connectivity index (χ4n) is 7.17. The zero-order valence-corrected chi connectivity index (χ0v) is 28.5. The van der Waals surface area contributed by atoms with E-state index in [0.29, 0.717) is 30.1 Å². The number of fused-ring (bicyclic) bond motifs is 1. The number of nitrogens with two attached hydrogens (primary N) is 1. The van der Waals surface area contributed by atoms with Crippen LogP contribution in [-0.2, 0) is 13.0 Å². The van der Waals surface area contributed by atoms with Crippen LogP contribution in [0.3, 0.4) is 0 Å². The summed E-state index contributed by atoms with van der Waals surface area (Å²) in [6.45, 7) is 8.73. The molecule has 9 heteroatoms. The van der Waals surface area contributed by atoms with Gasteiger partial charge in [0.2, 0.25) is 10.9 Å². The highest BCUT2D eigenvalue weighted by atomic mass is 16.2. The van der Waals surface area contributed by atoms with Crippen molar-refractivity contribution < 1.29 is 0 Å². The smallest absolute Gasteiger partial charge is 0.249 e. The van der Waals surface area contributed by atoms with Crippen LogP contribution in [0.4, 0.5) is 11.5 Å². The SMILES string of the molecule is CC.CCc1c(N(C2CC2)C2CCN(Cc3ccc(-n4c(-c5cccnc5N)nc5ccc(-c6ccccc6)nc54)cc3)CC2)c(=O)c1=O. The average molecular weight is 654 g/mol. The van der Waals surface area contributed by atoms with Gasteiger partial charge in [-0.2, -0.15) is 0 Å². The van der Waals surface area contributed by atoms with E-state index in [1.54, 1.807) is 6.20 Å². The van der Waals surface area contributed by atoms with Crippen LogP contribution in [0, 0.1) is 0 Å². The van der Waals surface area contributed by atoms with E-state index in [1.807, 2.05) is 63.2 Å². The van der Waals surface area contributed by atoms with Crippen molar-refractivity contribution in [2.24, 2.45) is 0 Å². The van der Waals surface area contributed by atoms with Crippen molar-refractivity contribution in [3.8, 4) is 28.3 Å². The third-order valence-electron chi connectivity index (χ3n) is 9.74. The molecule has 3 aromatic carbocycles. The molecule has 9 nitrogen and oxygen atoms in total. The van der Waals surface area contributed by atoms with Crippen molar-refractivity contribution >= 4 is 22.7 Å². The summed E-state index contributed by atoms with van der Waals surface area (Å²) in [4.78, 5) is 43.9. The molecule has 0 amide bonds. The Hall–Kier alpha value is -5.15. The summed E-state index contributed by atoms with van der Waals surface area (Å²) in [6.07, 6.45) is 6.52. The Morgan fingerprint density at radius 3 is 2.20 bits per heavy atom. The van der Waals surface area contributed by atoms with Crippen LogP contribution in [0.2, 0.25) is 0 Å². The summed E-state index contributed by atoms with van der Waals surface area (Å²) in [6, 6.07) is 27.3. The van der Waals surface area contributed by atoms with Crippen LogP contribution in [0.5, 0.6) is 0 Å². The Balaban J connectivity index is 0.00000186. The highest BCUT2D eigenvalue weighted by Crippen LogP contribution is 2.37. The number of aromatic nitrogens is 4. The lowest BCUT2D eigenvalue weighted by atomic mass is 9.97. The van der Waals surface area contributed by atoms with E-state index in [0.717, 1.165) is 90.2 Å². The summed E-state index contributed by atoms with van der Waals surface area (Å²) in [5.74, 6) is 1.12. The first-order chi connectivity index (χ1) is 24.0. The zero-order valence-electron chi connectivity index (χ0n) is 28.5. The van der Waals surface area contributed by atoms with Crippen molar-refractivity contribution in [1.82, 2.24) is 24.4 Å². The van der Waals surface area contributed by atoms with E-state index in [2.05, 4.69) is 55.7 Å². The van der Waals surface area contributed by atoms with Gasteiger partial charge in [0, 0.05) is 54.7 Å². The predicted octanol–water partition coefficient (Wildman–Crippen LogP) is 6.55. The number of rotatable bonds is 9. The number of nitrogen functional groups attached to an aromatic ring is 1. The van der Waals surface area contributed by atoms with Crippen molar-refractivity contribution in [3.63, 3.8) is 0 Å². The van der Waals surface area contributed by atoms with E-state index < -0.39 is 0 Å². The van der Waals surface area contributed by atoms with Crippen LogP contribution in [0.1, 0.15) is 57.6 Å². The van der Waals surface area contributed by atoms with Gasteiger partial charge in [-0.05, 0) is 74.1 Å². The number of pyridine rings is 2. The van der Waals surface area contributed by atoms with Gasteiger partial charge in [0.1, 0.15) is 11.3 Å². The lowest BCUT2D eigenvalue weighted by molar-refractivity contribution is 0.200. The molecule has 2 N–H and O–H groups in total. The fraction of sp³-hybridized carbons (Fsp3) is 0.325. The Bertz CT molecular complexity index is 2140. The molecule has 1 aliphatic carbocycles. The quantitative estimate of drug-likeness (QED) is 0.175. The minimum atomic E-state index is -0.277. The number of likely N-dealkylation sites (tertiary alicyclic amines) is 1. The van der Waals surface area contributed by atoms with Gasteiger partial charge in [-0.1, -0.05) is 63.2 Å². The molecular weight excluding hydrogens is 610 g/mol. The van der Waals surface area contributed by atoms with Crippen LogP contribution >= 0.6 is 0 Å². The number of hydrogen-bond donors (Lipinski definition) is 1. The Kier molecular flexibility index (Phi) is 9.10. The minimum absolute atomic E-state index is 0.275. The molecule has 250 valence electrons. The van der Waals surface area contributed by atoms with Crippen molar-refractivity contribution in [2.75, 3.05) is 23.7 Å². The first-order valence-corrected chi connectivity index (χ1v) is 17.6. The standard InChI is InChI=1S/C38H37N7O2.C2H6/c1-2-29-33(35(47)34(29)46)44(26-14-15-26)28-18-21-43(22-19-28)23-24-10-12-27(13-11-24)45-37(30-9-6-20-40-36(30)39)42-32-17-16-31(41-38(32)45)25-7-4-3-5-8-25;1-2/h3-13,16-17,20,26,28H,2,14-15,18-19,21-23H2,1H3,(H2,39,40);1-2H3.